The van der Waals surface area contributed by atoms with Gasteiger partial charge >= 0.3 is 0 Å². The first-order valence-electron chi connectivity index (χ1n) is 12.1. The number of amides is 3. The zero-order valence-corrected chi connectivity index (χ0v) is 19.5. The summed E-state index contributed by atoms with van der Waals surface area (Å²) in [5, 5.41) is 6.21. The minimum Gasteiger partial charge on any atom is -0.372 e. The van der Waals surface area contributed by atoms with Crippen LogP contribution in [0.5, 0.6) is 0 Å². The van der Waals surface area contributed by atoms with Crippen molar-refractivity contribution in [3.05, 3.63) is 59.2 Å². The van der Waals surface area contributed by atoms with E-state index in [-0.39, 0.29) is 30.0 Å². The van der Waals surface area contributed by atoms with Crippen LogP contribution in [0.1, 0.15) is 57.3 Å². The van der Waals surface area contributed by atoms with Gasteiger partial charge < -0.3 is 25.2 Å². The summed E-state index contributed by atoms with van der Waals surface area (Å²) in [5.41, 5.74) is 2.88. The molecule has 180 valence electrons. The number of carbonyl (C=O) groups is 3. The van der Waals surface area contributed by atoms with E-state index in [1.807, 2.05) is 28.0 Å². The van der Waals surface area contributed by atoms with Crippen LogP contribution in [0, 0.1) is 0 Å². The normalized spacial score (nSPS) is 27.0. The summed E-state index contributed by atoms with van der Waals surface area (Å²) in [6.07, 6.45) is 2.67. The fourth-order valence-corrected chi connectivity index (χ4v) is 5.19. The van der Waals surface area contributed by atoms with E-state index in [4.69, 9.17) is 4.74 Å². The highest BCUT2D eigenvalue weighted by Gasteiger charge is 2.50. The number of aliphatic imine (C=N–C) groups is 1. The summed E-state index contributed by atoms with van der Waals surface area (Å²) >= 11 is 0. The lowest BCUT2D eigenvalue weighted by molar-refractivity contribution is -0.195. The zero-order valence-electron chi connectivity index (χ0n) is 19.5. The molecular formula is C26H27N5O4. The second-order valence-corrected chi connectivity index (χ2v) is 9.52. The molecule has 9 nitrogen and oxygen atoms in total. The fraction of sp³-hybridized carbons (Fsp3) is 0.385. The van der Waals surface area contributed by atoms with Crippen LogP contribution in [0.25, 0.3) is 0 Å². The molecule has 0 spiro atoms. The van der Waals surface area contributed by atoms with Gasteiger partial charge in [0.2, 0.25) is 5.96 Å². The van der Waals surface area contributed by atoms with Crippen molar-refractivity contribution >= 4 is 35.1 Å². The van der Waals surface area contributed by atoms with Gasteiger partial charge in [0.1, 0.15) is 0 Å². The molecule has 2 fully saturated rings. The third-order valence-electron chi connectivity index (χ3n) is 7.28. The van der Waals surface area contributed by atoms with E-state index in [2.05, 4.69) is 22.5 Å². The topological polar surface area (TPSA) is 103 Å². The molecule has 2 N–H and O–H groups in total. The van der Waals surface area contributed by atoms with E-state index >= 15 is 0 Å². The van der Waals surface area contributed by atoms with Crippen molar-refractivity contribution in [1.82, 2.24) is 10.2 Å². The quantitative estimate of drug-likeness (QED) is 0.660. The molecule has 0 radical (unpaired) electrons. The molecule has 2 saturated heterocycles. The molecule has 4 aliphatic rings. The Labute approximate surface area is 203 Å². The monoisotopic (exact) mass is 473 g/mol. The number of likely N-dealkylation sites (tertiary alicyclic amines) is 1. The Hall–Kier alpha value is -3.72. The molecule has 9 heteroatoms. The number of hydrogen-bond acceptors (Lipinski definition) is 6. The Morgan fingerprint density at radius 2 is 1.94 bits per heavy atom. The Morgan fingerprint density at radius 3 is 2.71 bits per heavy atom. The lowest BCUT2D eigenvalue weighted by Gasteiger charge is -2.54. The van der Waals surface area contributed by atoms with Crippen molar-refractivity contribution < 1.29 is 19.1 Å². The summed E-state index contributed by atoms with van der Waals surface area (Å²) < 4.78 is 5.48. The number of benzene rings is 2. The van der Waals surface area contributed by atoms with Gasteiger partial charge in [-0.3, -0.25) is 14.4 Å². The van der Waals surface area contributed by atoms with E-state index in [1.54, 1.807) is 24.3 Å². The SMILES string of the molecule is C[C@H]1CCCCNC(=O)c2cccc(c2)C(=O)/N=C2\Nc3cccc(C(=O)N4CC5OCC54)c3N21. The molecule has 3 amide bonds. The number of fused-ring (bicyclic) bond motifs is 6. The Bertz CT molecular complexity index is 1260. The molecule has 2 bridgehead atoms. The number of rotatable bonds is 1. The molecule has 4 aliphatic heterocycles. The number of hydrogen-bond donors (Lipinski definition) is 2. The Balaban J connectivity index is 1.39. The number of guanidine groups is 1. The van der Waals surface area contributed by atoms with Crippen LogP contribution >= 0.6 is 0 Å². The van der Waals surface area contributed by atoms with E-state index < -0.39 is 5.91 Å². The van der Waals surface area contributed by atoms with Gasteiger partial charge in [0, 0.05) is 30.3 Å². The second-order valence-electron chi connectivity index (χ2n) is 9.52. The van der Waals surface area contributed by atoms with Crippen molar-refractivity contribution in [2.75, 3.05) is 29.9 Å². The van der Waals surface area contributed by atoms with Crippen molar-refractivity contribution in [3.63, 3.8) is 0 Å². The lowest BCUT2D eigenvalue weighted by atomic mass is 9.93. The molecule has 0 aliphatic carbocycles. The molecule has 6 rings (SSSR count). The maximum absolute atomic E-state index is 13.5. The highest BCUT2D eigenvalue weighted by Crippen LogP contribution is 2.41. The first-order valence-corrected chi connectivity index (χ1v) is 12.1. The average molecular weight is 474 g/mol. The van der Waals surface area contributed by atoms with Crippen LogP contribution in [0.4, 0.5) is 11.4 Å². The first-order chi connectivity index (χ1) is 17.0. The molecule has 4 heterocycles. The number of nitrogens with zero attached hydrogens (tertiary/aromatic N) is 3. The third kappa shape index (κ3) is 3.67. The predicted molar refractivity (Wildman–Crippen MR) is 131 cm³/mol. The maximum atomic E-state index is 13.5. The van der Waals surface area contributed by atoms with Crippen LogP contribution < -0.4 is 15.5 Å². The van der Waals surface area contributed by atoms with Crippen molar-refractivity contribution in [2.24, 2.45) is 4.99 Å². The molecule has 2 unspecified atom stereocenters. The van der Waals surface area contributed by atoms with Crippen molar-refractivity contribution in [1.29, 1.82) is 0 Å². The summed E-state index contributed by atoms with van der Waals surface area (Å²) in [5.74, 6) is -0.270. The predicted octanol–water partition coefficient (Wildman–Crippen LogP) is 2.64. The van der Waals surface area contributed by atoms with Crippen LogP contribution in [0.3, 0.4) is 0 Å². The molecule has 0 aromatic heterocycles. The van der Waals surface area contributed by atoms with Gasteiger partial charge in [-0.05, 0) is 56.5 Å². The van der Waals surface area contributed by atoms with Crippen molar-refractivity contribution in [2.45, 2.75) is 44.4 Å². The van der Waals surface area contributed by atoms with Gasteiger partial charge in [-0.2, -0.15) is 4.99 Å². The van der Waals surface area contributed by atoms with Gasteiger partial charge in [0.15, 0.2) is 0 Å². The van der Waals surface area contributed by atoms with E-state index in [0.717, 1.165) is 30.6 Å². The summed E-state index contributed by atoms with van der Waals surface area (Å²) in [4.78, 5) is 47.4. The average Bonchev–Trinajstić information content (AvgIpc) is 3.22. The van der Waals surface area contributed by atoms with Gasteiger partial charge in [-0.15, -0.1) is 0 Å². The lowest BCUT2D eigenvalue weighted by Crippen LogP contribution is -2.71. The van der Waals surface area contributed by atoms with Gasteiger partial charge in [-0.25, -0.2) is 0 Å². The molecule has 0 saturated carbocycles. The zero-order chi connectivity index (χ0) is 24.1. The highest BCUT2D eigenvalue weighted by atomic mass is 16.5. The summed E-state index contributed by atoms with van der Waals surface area (Å²) in [6.45, 7) is 3.82. The smallest absolute Gasteiger partial charge is 0.280 e. The van der Waals surface area contributed by atoms with E-state index in [0.29, 0.717) is 42.3 Å². The van der Waals surface area contributed by atoms with Crippen LogP contribution in [0.15, 0.2) is 47.5 Å². The number of nitrogens with one attached hydrogen (secondary N) is 2. The van der Waals surface area contributed by atoms with Gasteiger partial charge in [0.25, 0.3) is 17.7 Å². The number of para-hydroxylation sites is 1. The number of morpholine rings is 1. The van der Waals surface area contributed by atoms with Gasteiger partial charge in [0.05, 0.1) is 35.7 Å². The molecule has 2 aromatic rings. The van der Waals surface area contributed by atoms with E-state index in [9.17, 15) is 14.4 Å². The maximum Gasteiger partial charge on any atom is 0.280 e. The third-order valence-corrected chi connectivity index (χ3v) is 7.28. The minimum absolute atomic E-state index is 0.0228. The molecule has 2 aromatic carbocycles. The largest absolute Gasteiger partial charge is 0.372 e. The highest BCUT2D eigenvalue weighted by molar-refractivity contribution is 6.22. The summed E-state index contributed by atoms with van der Waals surface area (Å²) in [6, 6.07) is 12.3. The van der Waals surface area contributed by atoms with Crippen LogP contribution in [-0.4, -0.2) is 66.5 Å². The van der Waals surface area contributed by atoms with Gasteiger partial charge in [-0.1, -0.05) is 12.1 Å². The number of ether oxygens (including phenoxy) is 1. The standard InChI is InChI=1S/C26H27N5O4/c1-15-6-2-3-11-27-23(32)16-7-4-8-17(12-16)24(33)29-26-28-19-10-5-9-18(22(19)31(15)26)25(34)30-13-21-20(30)14-35-21/h4-5,7-10,12,15,20-21H,2-3,6,11,13-14H2,1H3,(H,27,32)(H,28,29,33)/t15-,20?,21?/m0/s1. The van der Waals surface area contributed by atoms with Crippen LogP contribution in [-0.2, 0) is 4.74 Å². The summed E-state index contributed by atoms with van der Waals surface area (Å²) in [7, 11) is 0. The second kappa shape index (κ2) is 8.49. The number of carbonyl (C=O) groups excluding carboxylic acids is 3. The first kappa shape index (κ1) is 21.8. The number of anilines is 2. The van der Waals surface area contributed by atoms with E-state index in [1.165, 1.54) is 0 Å². The minimum atomic E-state index is -0.450. The Kier molecular flexibility index (Phi) is 5.29. The fourth-order valence-electron chi connectivity index (χ4n) is 5.19. The molecule has 3 atom stereocenters. The molecule has 35 heavy (non-hydrogen) atoms. The molecular weight excluding hydrogens is 446 g/mol. The Morgan fingerprint density at radius 1 is 1.11 bits per heavy atom. The van der Waals surface area contributed by atoms with Crippen molar-refractivity contribution in [3.8, 4) is 0 Å². The van der Waals surface area contributed by atoms with Crippen LogP contribution in [0.2, 0.25) is 0 Å².